The van der Waals surface area contributed by atoms with Gasteiger partial charge in [0.1, 0.15) is 0 Å². The summed E-state index contributed by atoms with van der Waals surface area (Å²) in [7, 11) is -3.03. The van der Waals surface area contributed by atoms with Crippen LogP contribution in [0.2, 0.25) is 0 Å². The highest BCUT2D eigenvalue weighted by Gasteiger charge is 2.35. The van der Waals surface area contributed by atoms with Gasteiger partial charge in [-0.15, -0.1) is 0 Å². The molecule has 0 bridgehead atoms. The first kappa shape index (κ1) is 14.5. The zero-order chi connectivity index (χ0) is 14.0. The Kier molecular flexibility index (Phi) is 4.42. The Labute approximate surface area is 124 Å². The van der Waals surface area contributed by atoms with Crippen LogP contribution < -0.4 is 10.0 Å². The van der Waals surface area contributed by atoms with Gasteiger partial charge in [-0.05, 0) is 19.3 Å². The first-order valence-electron chi connectivity index (χ1n) is 7.28. The minimum atomic E-state index is -3.03. The summed E-state index contributed by atoms with van der Waals surface area (Å²) in [5.74, 6) is 3.33. The number of rotatable bonds is 6. The van der Waals surface area contributed by atoms with Gasteiger partial charge in [-0.3, -0.25) is 4.99 Å². The maximum atomic E-state index is 11.6. The second-order valence-corrected chi connectivity index (χ2v) is 8.70. The summed E-state index contributed by atoms with van der Waals surface area (Å²) in [4.78, 5) is 6.90. The maximum absolute atomic E-state index is 11.6. The van der Waals surface area contributed by atoms with Crippen LogP contribution in [0.25, 0.3) is 0 Å². The summed E-state index contributed by atoms with van der Waals surface area (Å²) in [6, 6.07) is 0.560. The van der Waals surface area contributed by atoms with Crippen molar-refractivity contribution in [2.75, 3.05) is 37.7 Å². The quantitative estimate of drug-likeness (QED) is 0.666. The van der Waals surface area contributed by atoms with Crippen molar-refractivity contribution in [1.29, 1.82) is 0 Å². The zero-order valence-electron chi connectivity index (χ0n) is 11.5. The number of thioether (sulfide) groups is 1. The van der Waals surface area contributed by atoms with Gasteiger partial charge in [0.25, 0.3) is 0 Å². The van der Waals surface area contributed by atoms with Crippen molar-refractivity contribution in [1.82, 2.24) is 14.9 Å². The fourth-order valence-corrected chi connectivity index (χ4v) is 5.00. The van der Waals surface area contributed by atoms with E-state index in [9.17, 15) is 8.42 Å². The third-order valence-electron chi connectivity index (χ3n) is 3.85. The molecule has 0 radical (unpaired) electrons. The lowest BCUT2D eigenvalue weighted by Gasteiger charge is -2.31. The van der Waals surface area contributed by atoms with Gasteiger partial charge in [0.15, 0.2) is 5.96 Å². The molecule has 1 atom stereocenters. The molecule has 1 saturated carbocycles. The number of nitrogens with one attached hydrogen (secondary N) is 2. The molecule has 2 fully saturated rings. The summed E-state index contributed by atoms with van der Waals surface area (Å²) in [5, 5.41) is 3.22. The fourth-order valence-electron chi connectivity index (χ4n) is 2.52. The maximum Gasteiger partial charge on any atom is 0.214 e. The van der Waals surface area contributed by atoms with E-state index in [1.54, 1.807) is 0 Å². The first-order chi connectivity index (χ1) is 9.67. The Morgan fingerprint density at radius 1 is 1.35 bits per heavy atom. The highest BCUT2D eigenvalue weighted by Crippen LogP contribution is 2.27. The number of fused-ring (bicyclic) bond motifs is 1. The minimum Gasteiger partial charge on any atom is -0.356 e. The number of sulfonamides is 1. The lowest BCUT2D eigenvalue weighted by molar-refractivity contribution is 0.369. The molecule has 0 aromatic heterocycles. The number of aliphatic imine (C=N–C) groups is 1. The van der Waals surface area contributed by atoms with E-state index in [2.05, 4.69) is 19.9 Å². The van der Waals surface area contributed by atoms with Crippen LogP contribution in [0, 0.1) is 0 Å². The molecule has 0 aromatic rings. The molecule has 2 N–H and O–H groups in total. The van der Waals surface area contributed by atoms with Crippen LogP contribution in [-0.4, -0.2) is 68.3 Å². The predicted molar refractivity (Wildman–Crippen MR) is 82.7 cm³/mol. The second-order valence-electron chi connectivity index (χ2n) is 5.51. The average molecular weight is 318 g/mol. The van der Waals surface area contributed by atoms with Gasteiger partial charge < -0.3 is 10.2 Å². The number of hydrogen-bond donors (Lipinski definition) is 2. The summed E-state index contributed by atoms with van der Waals surface area (Å²) >= 11 is 2.00. The van der Waals surface area contributed by atoms with E-state index in [4.69, 9.17) is 0 Å². The number of guanidine groups is 1. The molecular weight excluding hydrogens is 296 g/mol. The molecule has 0 amide bonds. The van der Waals surface area contributed by atoms with Crippen molar-refractivity contribution in [3.8, 4) is 0 Å². The Morgan fingerprint density at radius 3 is 3.00 bits per heavy atom. The van der Waals surface area contributed by atoms with Crippen molar-refractivity contribution in [3.05, 3.63) is 0 Å². The highest BCUT2D eigenvalue weighted by atomic mass is 32.2. The standard InChI is InChI=1S/C12H22N4O2S2/c17-20(18,11-2-3-11)15-5-1-4-13-12-14-8-10-9-19-7-6-16(10)12/h10-11,15H,1-9H2,(H,13,14). The van der Waals surface area contributed by atoms with Crippen molar-refractivity contribution >= 4 is 27.7 Å². The normalized spacial score (nSPS) is 26.3. The Hall–Kier alpha value is -0.470. The monoisotopic (exact) mass is 318 g/mol. The van der Waals surface area contributed by atoms with E-state index in [1.165, 1.54) is 5.75 Å². The molecule has 1 saturated heterocycles. The lowest BCUT2D eigenvalue weighted by atomic mass is 10.3. The SMILES string of the molecule is O=S(=O)(NCCCNC1=NCC2CSCCN12)C1CC1. The van der Waals surface area contributed by atoms with Crippen molar-refractivity contribution in [3.63, 3.8) is 0 Å². The van der Waals surface area contributed by atoms with Gasteiger partial charge in [0.05, 0.1) is 17.8 Å². The Balaban J connectivity index is 1.34. The van der Waals surface area contributed by atoms with Gasteiger partial charge in [-0.2, -0.15) is 11.8 Å². The summed E-state index contributed by atoms with van der Waals surface area (Å²) < 4.78 is 25.9. The molecule has 1 aliphatic carbocycles. The van der Waals surface area contributed by atoms with Crippen LogP contribution in [0.15, 0.2) is 4.99 Å². The largest absolute Gasteiger partial charge is 0.356 e. The van der Waals surface area contributed by atoms with Gasteiger partial charge in [-0.25, -0.2) is 13.1 Å². The summed E-state index contributed by atoms with van der Waals surface area (Å²) in [6.07, 6.45) is 2.43. The third-order valence-corrected chi connectivity index (χ3v) is 6.90. The van der Waals surface area contributed by atoms with E-state index in [0.29, 0.717) is 12.6 Å². The van der Waals surface area contributed by atoms with Crippen LogP contribution in [0.4, 0.5) is 0 Å². The summed E-state index contributed by atoms with van der Waals surface area (Å²) in [5.41, 5.74) is 0. The molecule has 0 aromatic carbocycles. The van der Waals surface area contributed by atoms with Crippen molar-refractivity contribution < 1.29 is 8.42 Å². The van der Waals surface area contributed by atoms with Crippen LogP contribution in [0.1, 0.15) is 19.3 Å². The topological polar surface area (TPSA) is 73.8 Å². The molecule has 2 heterocycles. The lowest BCUT2D eigenvalue weighted by Crippen LogP contribution is -2.48. The van der Waals surface area contributed by atoms with Crippen LogP contribution >= 0.6 is 11.8 Å². The van der Waals surface area contributed by atoms with Crippen LogP contribution in [0.3, 0.4) is 0 Å². The van der Waals surface area contributed by atoms with E-state index >= 15 is 0 Å². The smallest absolute Gasteiger partial charge is 0.214 e. The molecule has 114 valence electrons. The molecular formula is C12H22N4O2S2. The fraction of sp³-hybridized carbons (Fsp3) is 0.917. The predicted octanol–water partition coefficient (Wildman–Crippen LogP) is -0.165. The number of nitrogens with zero attached hydrogens (tertiary/aromatic N) is 2. The van der Waals surface area contributed by atoms with Crippen molar-refractivity contribution in [2.24, 2.45) is 4.99 Å². The Morgan fingerprint density at radius 2 is 2.20 bits per heavy atom. The van der Waals surface area contributed by atoms with E-state index in [0.717, 1.165) is 50.6 Å². The van der Waals surface area contributed by atoms with E-state index in [-0.39, 0.29) is 5.25 Å². The second kappa shape index (κ2) is 6.11. The van der Waals surface area contributed by atoms with Crippen LogP contribution in [-0.2, 0) is 10.0 Å². The Bertz CT molecular complexity index is 476. The third kappa shape index (κ3) is 3.40. The van der Waals surface area contributed by atoms with Gasteiger partial charge in [-0.1, -0.05) is 0 Å². The van der Waals surface area contributed by atoms with Gasteiger partial charge in [0.2, 0.25) is 10.0 Å². The molecule has 3 aliphatic rings. The summed E-state index contributed by atoms with van der Waals surface area (Å²) in [6.45, 7) is 3.24. The molecule has 3 rings (SSSR count). The molecule has 2 aliphatic heterocycles. The zero-order valence-corrected chi connectivity index (χ0v) is 13.2. The van der Waals surface area contributed by atoms with E-state index in [1.807, 2.05) is 11.8 Å². The van der Waals surface area contributed by atoms with Crippen molar-refractivity contribution in [2.45, 2.75) is 30.6 Å². The minimum absolute atomic E-state index is 0.124. The van der Waals surface area contributed by atoms with E-state index < -0.39 is 10.0 Å². The first-order valence-corrected chi connectivity index (χ1v) is 9.98. The average Bonchev–Trinajstić information content (AvgIpc) is 3.22. The molecule has 0 spiro atoms. The molecule has 8 heteroatoms. The highest BCUT2D eigenvalue weighted by molar-refractivity contribution is 7.99. The molecule has 6 nitrogen and oxygen atoms in total. The van der Waals surface area contributed by atoms with Gasteiger partial charge >= 0.3 is 0 Å². The number of hydrogen-bond acceptors (Lipinski definition) is 6. The molecule has 20 heavy (non-hydrogen) atoms. The van der Waals surface area contributed by atoms with Crippen LogP contribution in [0.5, 0.6) is 0 Å². The van der Waals surface area contributed by atoms with Gasteiger partial charge in [0, 0.05) is 31.1 Å². The molecule has 1 unspecified atom stereocenters.